The molecule has 2 heterocycles. The molecule has 0 atom stereocenters. The Morgan fingerprint density at radius 3 is 2.50 bits per heavy atom. The van der Waals surface area contributed by atoms with Gasteiger partial charge in [-0.15, -0.1) is 11.3 Å². The molecular formula is C13H14N2O4S. The molecule has 0 unspecified atom stereocenters. The van der Waals surface area contributed by atoms with Crippen molar-refractivity contribution in [3.05, 3.63) is 39.7 Å². The second kappa shape index (κ2) is 5.09. The van der Waals surface area contributed by atoms with Gasteiger partial charge in [0.05, 0.1) is 5.54 Å². The van der Waals surface area contributed by atoms with E-state index in [1.165, 1.54) is 23.5 Å². The van der Waals surface area contributed by atoms with Crippen LogP contribution in [0.3, 0.4) is 0 Å². The summed E-state index contributed by atoms with van der Waals surface area (Å²) in [6, 6.07) is 2.58. The first kappa shape index (κ1) is 14.3. The van der Waals surface area contributed by atoms with Gasteiger partial charge < -0.3 is 14.8 Å². The standard InChI is InChI=1S/C13H14N2O4S/c1-7-6-20-12(14-7)13(2,3)15-10(16)8-4-5-9(19-8)11(17)18/h4-6H,1-3H3,(H,15,16)(H,17,18). The molecule has 0 radical (unpaired) electrons. The molecule has 0 aliphatic heterocycles. The predicted molar refractivity (Wildman–Crippen MR) is 73.0 cm³/mol. The molecule has 0 bridgehead atoms. The Hall–Kier alpha value is -2.15. The number of nitrogens with one attached hydrogen (secondary N) is 1. The van der Waals surface area contributed by atoms with Crippen molar-refractivity contribution >= 4 is 23.2 Å². The normalized spacial score (nSPS) is 11.3. The van der Waals surface area contributed by atoms with Crippen LogP contribution in [0.25, 0.3) is 0 Å². The van der Waals surface area contributed by atoms with E-state index >= 15 is 0 Å². The number of furan rings is 1. The molecule has 0 aromatic carbocycles. The lowest BCUT2D eigenvalue weighted by atomic mass is 10.1. The highest BCUT2D eigenvalue weighted by atomic mass is 32.1. The number of rotatable bonds is 4. The maximum atomic E-state index is 12.1. The summed E-state index contributed by atoms with van der Waals surface area (Å²) in [6.45, 7) is 5.53. The molecule has 0 aliphatic carbocycles. The number of hydrogen-bond donors (Lipinski definition) is 2. The van der Waals surface area contributed by atoms with Crippen molar-refractivity contribution < 1.29 is 19.1 Å². The van der Waals surface area contributed by atoms with Gasteiger partial charge in [0.15, 0.2) is 5.76 Å². The number of thiazole rings is 1. The van der Waals surface area contributed by atoms with Gasteiger partial charge in [0.25, 0.3) is 5.91 Å². The van der Waals surface area contributed by atoms with Gasteiger partial charge in [-0.25, -0.2) is 9.78 Å². The molecule has 2 aromatic heterocycles. The van der Waals surface area contributed by atoms with Crippen LogP contribution < -0.4 is 5.32 Å². The lowest BCUT2D eigenvalue weighted by molar-refractivity contribution is 0.0659. The summed E-state index contributed by atoms with van der Waals surface area (Å²) < 4.78 is 4.97. The van der Waals surface area contributed by atoms with Crippen LogP contribution >= 0.6 is 11.3 Å². The summed E-state index contributed by atoms with van der Waals surface area (Å²) in [7, 11) is 0. The Morgan fingerprint density at radius 1 is 1.35 bits per heavy atom. The van der Waals surface area contributed by atoms with E-state index in [0.29, 0.717) is 0 Å². The van der Waals surface area contributed by atoms with E-state index in [2.05, 4.69) is 10.3 Å². The summed E-state index contributed by atoms with van der Waals surface area (Å²) in [5.74, 6) is -1.99. The van der Waals surface area contributed by atoms with Crippen LogP contribution in [0.2, 0.25) is 0 Å². The minimum atomic E-state index is -1.21. The van der Waals surface area contributed by atoms with Gasteiger partial charge in [0.1, 0.15) is 5.01 Å². The van der Waals surface area contributed by atoms with Gasteiger partial charge in [-0.3, -0.25) is 4.79 Å². The predicted octanol–water partition coefficient (Wildman–Crippen LogP) is 2.41. The van der Waals surface area contributed by atoms with Gasteiger partial charge in [-0.05, 0) is 32.9 Å². The summed E-state index contributed by atoms with van der Waals surface area (Å²) >= 11 is 1.45. The number of aryl methyl sites for hydroxylation is 1. The third-order valence-corrected chi connectivity index (χ3v) is 3.90. The van der Waals surface area contributed by atoms with Crippen molar-refractivity contribution in [3.63, 3.8) is 0 Å². The van der Waals surface area contributed by atoms with Crippen LogP contribution in [0.5, 0.6) is 0 Å². The Kier molecular flexibility index (Phi) is 3.63. The average Bonchev–Trinajstić information content (AvgIpc) is 2.96. The molecule has 0 saturated heterocycles. The number of carboxylic acids is 1. The fourth-order valence-electron chi connectivity index (χ4n) is 1.61. The van der Waals surface area contributed by atoms with Crippen LogP contribution in [0, 0.1) is 6.92 Å². The molecular weight excluding hydrogens is 280 g/mol. The number of hydrogen-bond acceptors (Lipinski definition) is 5. The van der Waals surface area contributed by atoms with E-state index in [9.17, 15) is 9.59 Å². The highest BCUT2D eigenvalue weighted by Gasteiger charge is 2.28. The average molecular weight is 294 g/mol. The molecule has 20 heavy (non-hydrogen) atoms. The number of amides is 1. The zero-order valence-electron chi connectivity index (χ0n) is 11.3. The fourth-order valence-corrected chi connectivity index (χ4v) is 2.49. The highest BCUT2D eigenvalue weighted by molar-refractivity contribution is 7.09. The number of aromatic nitrogens is 1. The molecule has 7 heteroatoms. The molecule has 0 spiro atoms. The van der Waals surface area contributed by atoms with Crippen LogP contribution in [-0.4, -0.2) is 22.0 Å². The van der Waals surface area contributed by atoms with Gasteiger partial charge in [0.2, 0.25) is 5.76 Å². The number of aromatic carboxylic acids is 1. The highest BCUT2D eigenvalue weighted by Crippen LogP contribution is 2.24. The van der Waals surface area contributed by atoms with Crippen molar-refractivity contribution in [1.29, 1.82) is 0 Å². The Bertz CT molecular complexity index is 657. The first-order chi connectivity index (χ1) is 9.29. The second-order valence-electron chi connectivity index (χ2n) is 4.84. The second-order valence-corrected chi connectivity index (χ2v) is 5.70. The monoisotopic (exact) mass is 294 g/mol. The Balaban J connectivity index is 2.15. The van der Waals surface area contributed by atoms with Crippen LogP contribution in [0.15, 0.2) is 21.9 Å². The lowest BCUT2D eigenvalue weighted by Gasteiger charge is -2.23. The van der Waals surface area contributed by atoms with Crippen molar-refractivity contribution in [3.8, 4) is 0 Å². The van der Waals surface area contributed by atoms with E-state index in [4.69, 9.17) is 9.52 Å². The molecule has 0 fully saturated rings. The maximum Gasteiger partial charge on any atom is 0.371 e. The lowest BCUT2D eigenvalue weighted by Crippen LogP contribution is -2.40. The van der Waals surface area contributed by atoms with E-state index in [0.717, 1.165) is 10.7 Å². The van der Waals surface area contributed by atoms with Crippen molar-refractivity contribution in [1.82, 2.24) is 10.3 Å². The summed E-state index contributed by atoms with van der Waals surface area (Å²) in [5.41, 5.74) is 0.227. The summed E-state index contributed by atoms with van der Waals surface area (Å²) in [6.07, 6.45) is 0. The maximum absolute atomic E-state index is 12.1. The van der Waals surface area contributed by atoms with Crippen LogP contribution in [-0.2, 0) is 5.54 Å². The zero-order valence-corrected chi connectivity index (χ0v) is 12.1. The van der Waals surface area contributed by atoms with Crippen molar-refractivity contribution in [2.24, 2.45) is 0 Å². The van der Waals surface area contributed by atoms with Crippen LogP contribution in [0.4, 0.5) is 0 Å². The molecule has 106 valence electrons. The molecule has 0 aliphatic rings. The first-order valence-corrected chi connectivity index (χ1v) is 6.76. The van der Waals surface area contributed by atoms with E-state index in [1.807, 2.05) is 26.2 Å². The molecule has 2 aromatic rings. The molecule has 6 nitrogen and oxygen atoms in total. The minimum Gasteiger partial charge on any atom is -0.475 e. The Labute approximate surface area is 119 Å². The number of carbonyl (C=O) groups excluding carboxylic acids is 1. The van der Waals surface area contributed by atoms with E-state index < -0.39 is 17.4 Å². The summed E-state index contributed by atoms with van der Waals surface area (Å²) in [5, 5.41) is 14.2. The van der Waals surface area contributed by atoms with Gasteiger partial charge in [0, 0.05) is 11.1 Å². The molecule has 1 amide bonds. The molecule has 0 saturated carbocycles. The van der Waals surface area contributed by atoms with E-state index in [1.54, 1.807) is 0 Å². The number of nitrogens with zero attached hydrogens (tertiary/aromatic N) is 1. The van der Waals surface area contributed by atoms with Crippen LogP contribution in [0.1, 0.15) is 45.7 Å². The smallest absolute Gasteiger partial charge is 0.371 e. The van der Waals surface area contributed by atoms with Gasteiger partial charge in [-0.2, -0.15) is 0 Å². The SMILES string of the molecule is Cc1csc(C(C)(C)NC(=O)c2ccc(C(=O)O)o2)n1. The first-order valence-electron chi connectivity index (χ1n) is 5.88. The molecule has 2 N–H and O–H groups in total. The number of carboxylic acid groups (broad SMARTS) is 1. The summed E-state index contributed by atoms with van der Waals surface area (Å²) in [4.78, 5) is 27.1. The molecule has 2 rings (SSSR count). The largest absolute Gasteiger partial charge is 0.475 e. The topological polar surface area (TPSA) is 92.4 Å². The third kappa shape index (κ3) is 2.88. The minimum absolute atomic E-state index is 0.0382. The fraction of sp³-hybridized carbons (Fsp3) is 0.308. The van der Waals surface area contributed by atoms with E-state index in [-0.39, 0.29) is 11.5 Å². The Morgan fingerprint density at radius 2 is 2.00 bits per heavy atom. The quantitative estimate of drug-likeness (QED) is 0.903. The van der Waals surface area contributed by atoms with Crippen molar-refractivity contribution in [2.45, 2.75) is 26.3 Å². The van der Waals surface area contributed by atoms with Gasteiger partial charge >= 0.3 is 5.97 Å². The van der Waals surface area contributed by atoms with Crippen molar-refractivity contribution in [2.75, 3.05) is 0 Å². The van der Waals surface area contributed by atoms with Gasteiger partial charge in [-0.1, -0.05) is 0 Å². The number of carbonyl (C=O) groups is 2. The zero-order chi connectivity index (χ0) is 14.9. The third-order valence-electron chi connectivity index (χ3n) is 2.62.